The van der Waals surface area contributed by atoms with Gasteiger partial charge in [0.15, 0.2) is 0 Å². The number of nitrogens with zero attached hydrogens (tertiary/aromatic N) is 3. The van der Waals surface area contributed by atoms with Crippen LogP contribution in [-0.2, 0) is 18.4 Å². The van der Waals surface area contributed by atoms with Crippen molar-refractivity contribution in [2.75, 3.05) is 11.9 Å². The van der Waals surface area contributed by atoms with E-state index in [1.165, 1.54) is 18.4 Å². The maximum Gasteiger partial charge on any atom is 0.238 e. The van der Waals surface area contributed by atoms with E-state index in [9.17, 15) is 4.79 Å². The summed E-state index contributed by atoms with van der Waals surface area (Å²) in [5, 5.41) is 7.38. The van der Waals surface area contributed by atoms with Gasteiger partial charge in [-0.3, -0.25) is 14.4 Å². The summed E-state index contributed by atoms with van der Waals surface area (Å²) < 4.78 is 1.80. The van der Waals surface area contributed by atoms with Crippen LogP contribution in [0, 0.1) is 13.8 Å². The Morgan fingerprint density at radius 3 is 2.57 bits per heavy atom. The van der Waals surface area contributed by atoms with Crippen LogP contribution in [0.15, 0.2) is 30.3 Å². The Hall–Kier alpha value is -2.14. The first-order valence-electron chi connectivity index (χ1n) is 8.12. The molecule has 5 nitrogen and oxygen atoms in total. The molecule has 0 saturated heterocycles. The molecule has 1 aliphatic rings. The average Bonchev–Trinajstić information content (AvgIpc) is 3.33. The van der Waals surface area contributed by atoms with Gasteiger partial charge in [0, 0.05) is 19.6 Å². The van der Waals surface area contributed by atoms with Crippen molar-refractivity contribution < 1.29 is 4.79 Å². The van der Waals surface area contributed by atoms with Crippen molar-refractivity contribution in [1.29, 1.82) is 0 Å². The van der Waals surface area contributed by atoms with Crippen LogP contribution in [0.4, 0.5) is 5.69 Å². The van der Waals surface area contributed by atoms with Crippen LogP contribution in [0.1, 0.15) is 29.8 Å². The van der Waals surface area contributed by atoms with E-state index in [0.29, 0.717) is 12.6 Å². The van der Waals surface area contributed by atoms with Crippen molar-refractivity contribution in [3.05, 3.63) is 47.3 Å². The molecule has 2 aromatic rings. The average molecular weight is 312 g/mol. The summed E-state index contributed by atoms with van der Waals surface area (Å²) in [7, 11) is 1.89. The zero-order valence-electron chi connectivity index (χ0n) is 14.0. The van der Waals surface area contributed by atoms with Gasteiger partial charge in [0.1, 0.15) is 0 Å². The van der Waals surface area contributed by atoms with Crippen molar-refractivity contribution in [3.8, 4) is 0 Å². The fourth-order valence-corrected chi connectivity index (χ4v) is 2.89. The van der Waals surface area contributed by atoms with Crippen LogP contribution in [0.3, 0.4) is 0 Å². The maximum atomic E-state index is 12.5. The Morgan fingerprint density at radius 1 is 1.30 bits per heavy atom. The van der Waals surface area contributed by atoms with E-state index < -0.39 is 0 Å². The first-order chi connectivity index (χ1) is 11.0. The molecule has 1 saturated carbocycles. The molecule has 0 unspecified atom stereocenters. The SMILES string of the molecule is Cc1nn(C)c(C)c1NC(=O)CN(Cc1ccccc1)C1CC1. The van der Waals surface area contributed by atoms with Gasteiger partial charge in [-0.2, -0.15) is 5.10 Å². The molecule has 3 rings (SSSR count). The third kappa shape index (κ3) is 3.79. The number of carbonyl (C=O) groups is 1. The van der Waals surface area contributed by atoms with Gasteiger partial charge in [0.25, 0.3) is 0 Å². The van der Waals surface area contributed by atoms with Crippen molar-refractivity contribution >= 4 is 11.6 Å². The lowest BCUT2D eigenvalue weighted by Crippen LogP contribution is -2.34. The van der Waals surface area contributed by atoms with Gasteiger partial charge in [0.2, 0.25) is 5.91 Å². The summed E-state index contributed by atoms with van der Waals surface area (Å²) >= 11 is 0. The number of amides is 1. The molecule has 1 fully saturated rings. The van der Waals surface area contributed by atoms with Crippen molar-refractivity contribution in [3.63, 3.8) is 0 Å². The molecule has 1 heterocycles. The van der Waals surface area contributed by atoms with Gasteiger partial charge in [-0.15, -0.1) is 0 Å². The van der Waals surface area contributed by atoms with E-state index in [4.69, 9.17) is 0 Å². The molecule has 0 aliphatic heterocycles. The fourth-order valence-electron chi connectivity index (χ4n) is 2.89. The molecule has 1 amide bonds. The quantitative estimate of drug-likeness (QED) is 0.892. The van der Waals surface area contributed by atoms with Crippen LogP contribution in [0.5, 0.6) is 0 Å². The molecule has 0 spiro atoms. The molecular weight excluding hydrogens is 288 g/mol. The first kappa shape index (κ1) is 15.7. The highest BCUT2D eigenvalue weighted by atomic mass is 16.2. The Labute approximate surface area is 137 Å². The summed E-state index contributed by atoms with van der Waals surface area (Å²) in [6.07, 6.45) is 2.37. The Bertz CT molecular complexity index is 689. The summed E-state index contributed by atoms with van der Waals surface area (Å²) in [5.41, 5.74) is 3.94. The lowest BCUT2D eigenvalue weighted by atomic mass is 10.2. The van der Waals surface area contributed by atoms with Crippen molar-refractivity contribution in [2.45, 2.75) is 39.3 Å². The summed E-state index contributed by atoms with van der Waals surface area (Å²) in [4.78, 5) is 14.7. The number of carbonyl (C=O) groups excluding carboxylic acids is 1. The van der Waals surface area contributed by atoms with Crippen LogP contribution in [-0.4, -0.2) is 33.2 Å². The van der Waals surface area contributed by atoms with Crippen LogP contribution in [0.2, 0.25) is 0 Å². The van der Waals surface area contributed by atoms with Gasteiger partial charge in [-0.05, 0) is 32.3 Å². The molecule has 1 aliphatic carbocycles. The number of anilines is 1. The number of hydrogen-bond donors (Lipinski definition) is 1. The number of aryl methyl sites for hydroxylation is 2. The molecule has 1 aromatic carbocycles. The molecule has 1 N–H and O–H groups in total. The van der Waals surface area contributed by atoms with Gasteiger partial charge >= 0.3 is 0 Å². The molecule has 5 heteroatoms. The smallest absolute Gasteiger partial charge is 0.238 e. The lowest BCUT2D eigenvalue weighted by Gasteiger charge is -2.21. The van der Waals surface area contributed by atoms with Gasteiger partial charge in [-0.1, -0.05) is 30.3 Å². The fraction of sp³-hybridized carbons (Fsp3) is 0.444. The summed E-state index contributed by atoms with van der Waals surface area (Å²) in [6, 6.07) is 10.9. The summed E-state index contributed by atoms with van der Waals surface area (Å²) in [5.74, 6) is 0.0343. The molecule has 0 atom stereocenters. The standard InChI is InChI=1S/C18H24N4O/c1-13-18(14(2)21(3)20-13)19-17(23)12-22(16-9-10-16)11-15-7-5-4-6-8-15/h4-8,16H,9-12H2,1-3H3,(H,19,23). The number of aromatic nitrogens is 2. The largest absolute Gasteiger partial charge is 0.322 e. The van der Waals surface area contributed by atoms with Crippen LogP contribution in [0.25, 0.3) is 0 Å². The third-order valence-corrected chi connectivity index (χ3v) is 4.41. The number of rotatable bonds is 6. The van der Waals surface area contributed by atoms with Crippen LogP contribution < -0.4 is 5.32 Å². The van der Waals surface area contributed by atoms with E-state index in [1.807, 2.05) is 39.1 Å². The Morgan fingerprint density at radius 2 is 2.00 bits per heavy atom. The number of nitrogens with one attached hydrogen (secondary N) is 1. The molecule has 0 bridgehead atoms. The van der Waals surface area contributed by atoms with Crippen molar-refractivity contribution in [2.24, 2.45) is 7.05 Å². The first-order valence-corrected chi connectivity index (χ1v) is 8.12. The van der Waals surface area contributed by atoms with E-state index in [1.54, 1.807) is 4.68 Å². The van der Waals surface area contributed by atoms with E-state index in [2.05, 4.69) is 27.4 Å². The molecule has 23 heavy (non-hydrogen) atoms. The summed E-state index contributed by atoms with van der Waals surface area (Å²) in [6.45, 7) is 5.14. The molecular formula is C18H24N4O. The molecule has 122 valence electrons. The molecule has 1 aromatic heterocycles. The highest BCUT2D eigenvalue weighted by molar-refractivity contribution is 5.93. The van der Waals surface area contributed by atoms with Gasteiger partial charge < -0.3 is 5.32 Å². The predicted octanol–water partition coefficient (Wildman–Crippen LogP) is 2.64. The second-order valence-corrected chi connectivity index (χ2v) is 6.34. The van der Waals surface area contributed by atoms with E-state index in [-0.39, 0.29) is 5.91 Å². The third-order valence-electron chi connectivity index (χ3n) is 4.41. The Balaban J connectivity index is 1.65. The lowest BCUT2D eigenvalue weighted by molar-refractivity contribution is -0.117. The van der Waals surface area contributed by atoms with Gasteiger partial charge in [-0.25, -0.2) is 0 Å². The van der Waals surface area contributed by atoms with E-state index >= 15 is 0 Å². The molecule has 0 radical (unpaired) electrons. The van der Waals surface area contributed by atoms with Gasteiger partial charge in [0.05, 0.1) is 23.6 Å². The maximum absolute atomic E-state index is 12.5. The predicted molar refractivity (Wildman–Crippen MR) is 91.2 cm³/mol. The second-order valence-electron chi connectivity index (χ2n) is 6.34. The normalized spacial score (nSPS) is 14.3. The topological polar surface area (TPSA) is 50.2 Å². The number of hydrogen-bond acceptors (Lipinski definition) is 3. The van der Waals surface area contributed by atoms with Crippen molar-refractivity contribution in [1.82, 2.24) is 14.7 Å². The zero-order chi connectivity index (χ0) is 16.4. The minimum Gasteiger partial charge on any atom is -0.322 e. The zero-order valence-corrected chi connectivity index (χ0v) is 14.0. The minimum absolute atomic E-state index is 0.0343. The minimum atomic E-state index is 0.0343. The second kappa shape index (κ2) is 6.54. The van der Waals surface area contributed by atoms with Crippen LogP contribution >= 0.6 is 0 Å². The highest BCUT2D eigenvalue weighted by Gasteiger charge is 2.30. The highest BCUT2D eigenvalue weighted by Crippen LogP contribution is 2.28. The van der Waals surface area contributed by atoms with E-state index in [0.717, 1.165) is 23.6 Å². The Kier molecular flexibility index (Phi) is 4.48. The monoisotopic (exact) mass is 312 g/mol. The number of benzene rings is 1.